The lowest BCUT2D eigenvalue weighted by Gasteiger charge is -2.20. The highest BCUT2D eigenvalue weighted by Gasteiger charge is 2.17. The number of Topliss-reactive ketones (excluding diaryl/α,β-unsaturated/α-hetero) is 1. The fourth-order valence-corrected chi connectivity index (χ4v) is 4.40. The molecule has 0 bridgehead atoms. The molecule has 0 aromatic heterocycles. The van der Waals surface area contributed by atoms with Crippen LogP contribution in [0.2, 0.25) is 0 Å². The molecule has 5 heteroatoms. The molecule has 196 valence electrons. The van der Waals surface area contributed by atoms with E-state index in [1.165, 1.54) is 11.1 Å². The van der Waals surface area contributed by atoms with Crippen molar-refractivity contribution in [1.82, 2.24) is 5.32 Å². The summed E-state index contributed by atoms with van der Waals surface area (Å²) in [7, 11) is 1.65. The second kappa shape index (κ2) is 12.5. The summed E-state index contributed by atoms with van der Waals surface area (Å²) in [6, 6.07) is 29.9. The number of benzene rings is 4. The number of hydrogen-bond donors (Lipinski definition) is 2. The number of carbonyl (C=O) groups is 1. The van der Waals surface area contributed by atoms with E-state index in [-0.39, 0.29) is 31.0 Å². The maximum Gasteiger partial charge on any atom is 0.183 e. The van der Waals surface area contributed by atoms with Gasteiger partial charge in [0.05, 0.1) is 25.7 Å². The van der Waals surface area contributed by atoms with E-state index in [0.717, 1.165) is 33.6 Å². The van der Waals surface area contributed by atoms with Crippen LogP contribution in [0.1, 0.15) is 51.0 Å². The molecule has 0 saturated carbocycles. The first-order valence-electron chi connectivity index (χ1n) is 12.8. The molecular formula is C33H36N2O3. The molecule has 38 heavy (non-hydrogen) atoms. The summed E-state index contributed by atoms with van der Waals surface area (Å²) in [5.41, 5.74) is 14.1. The second-order valence-corrected chi connectivity index (χ2v) is 9.75. The van der Waals surface area contributed by atoms with Crippen molar-refractivity contribution in [2.75, 3.05) is 20.3 Å². The quantitative estimate of drug-likeness (QED) is 0.260. The van der Waals surface area contributed by atoms with Crippen LogP contribution in [0.4, 0.5) is 0 Å². The molecule has 5 nitrogen and oxygen atoms in total. The molecule has 0 radical (unpaired) electrons. The first-order valence-corrected chi connectivity index (χ1v) is 12.8. The molecular weight excluding hydrogens is 472 g/mol. The van der Waals surface area contributed by atoms with Crippen molar-refractivity contribution in [3.05, 3.63) is 130 Å². The van der Waals surface area contributed by atoms with E-state index in [0.29, 0.717) is 5.75 Å². The summed E-state index contributed by atoms with van der Waals surface area (Å²) in [6.07, 6.45) is 0. The van der Waals surface area contributed by atoms with Crippen molar-refractivity contribution in [3.63, 3.8) is 0 Å². The lowest BCUT2D eigenvalue weighted by molar-refractivity contribution is -0.120. The number of hydrogen-bond acceptors (Lipinski definition) is 5. The van der Waals surface area contributed by atoms with Crippen LogP contribution >= 0.6 is 0 Å². The van der Waals surface area contributed by atoms with Crippen LogP contribution in [0.25, 0.3) is 0 Å². The topological polar surface area (TPSA) is 73.6 Å². The largest absolute Gasteiger partial charge is 0.496 e. The van der Waals surface area contributed by atoms with Gasteiger partial charge < -0.3 is 15.2 Å². The Morgan fingerprint density at radius 3 is 1.84 bits per heavy atom. The Morgan fingerprint density at radius 1 is 0.763 bits per heavy atom. The monoisotopic (exact) mass is 508 g/mol. The van der Waals surface area contributed by atoms with Gasteiger partial charge in [-0.25, -0.2) is 0 Å². The third-order valence-corrected chi connectivity index (χ3v) is 6.69. The number of rotatable bonds is 11. The zero-order chi connectivity index (χ0) is 27.1. The normalized spacial score (nSPS) is 11.8. The molecule has 0 heterocycles. The molecule has 0 amide bonds. The van der Waals surface area contributed by atoms with E-state index in [1.54, 1.807) is 7.11 Å². The lowest BCUT2D eigenvalue weighted by atomic mass is 9.97. The Bertz CT molecular complexity index is 1300. The van der Waals surface area contributed by atoms with Gasteiger partial charge in [0.1, 0.15) is 18.1 Å². The van der Waals surface area contributed by atoms with Gasteiger partial charge in [-0.1, -0.05) is 83.9 Å². The summed E-state index contributed by atoms with van der Waals surface area (Å²) in [6.45, 7) is 6.34. The van der Waals surface area contributed by atoms with Crippen LogP contribution in [-0.4, -0.2) is 26.0 Å². The first kappa shape index (κ1) is 27.1. The highest BCUT2D eigenvalue weighted by molar-refractivity contribution is 5.82. The number of nitrogens with one attached hydrogen (secondary N) is 1. The van der Waals surface area contributed by atoms with Crippen LogP contribution in [0.15, 0.2) is 91.0 Å². The van der Waals surface area contributed by atoms with Gasteiger partial charge in [-0.2, -0.15) is 0 Å². The number of ether oxygens (including phenoxy) is 2. The minimum atomic E-state index is -0.328. The Kier molecular flexibility index (Phi) is 8.95. The van der Waals surface area contributed by atoms with Gasteiger partial charge >= 0.3 is 0 Å². The van der Waals surface area contributed by atoms with Crippen molar-refractivity contribution in [3.8, 4) is 11.5 Å². The van der Waals surface area contributed by atoms with Gasteiger partial charge in [0.2, 0.25) is 0 Å². The second-order valence-electron chi connectivity index (χ2n) is 9.75. The molecule has 1 atom stereocenters. The molecule has 1 unspecified atom stereocenters. The summed E-state index contributed by atoms with van der Waals surface area (Å²) in [4.78, 5) is 12.7. The number of aryl methyl sites for hydroxylation is 3. The molecule has 0 spiro atoms. The van der Waals surface area contributed by atoms with Crippen molar-refractivity contribution < 1.29 is 14.3 Å². The van der Waals surface area contributed by atoms with Crippen LogP contribution in [0.5, 0.6) is 11.5 Å². The molecule has 0 fully saturated rings. The van der Waals surface area contributed by atoms with Crippen LogP contribution in [-0.2, 0) is 4.79 Å². The average molecular weight is 509 g/mol. The van der Waals surface area contributed by atoms with Gasteiger partial charge in [-0.15, -0.1) is 0 Å². The fraction of sp³-hybridized carbons (Fsp3) is 0.242. The van der Waals surface area contributed by atoms with E-state index in [1.807, 2.05) is 49.4 Å². The van der Waals surface area contributed by atoms with Gasteiger partial charge in [0.15, 0.2) is 5.78 Å². The molecule has 0 saturated heterocycles. The molecule has 4 aromatic carbocycles. The Hall–Kier alpha value is -3.93. The minimum Gasteiger partial charge on any atom is -0.496 e. The van der Waals surface area contributed by atoms with Gasteiger partial charge in [-0.3, -0.25) is 10.1 Å². The lowest BCUT2D eigenvalue weighted by Crippen LogP contribution is -2.31. The molecule has 3 N–H and O–H groups in total. The highest BCUT2D eigenvalue weighted by atomic mass is 16.5. The highest BCUT2D eigenvalue weighted by Crippen LogP contribution is 2.30. The summed E-state index contributed by atoms with van der Waals surface area (Å²) >= 11 is 0. The van der Waals surface area contributed by atoms with Gasteiger partial charge in [-0.05, 0) is 61.2 Å². The summed E-state index contributed by atoms with van der Waals surface area (Å²) in [5, 5.41) is 3.43. The summed E-state index contributed by atoms with van der Waals surface area (Å²) < 4.78 is 11.3. The molecule has 4 rings (SSSR count). The first-order chi connectivity index (χ1) is 18.3. The zero-order valence-corrected chi connectivity index (χ0v) is 22.5. The van der Waals surface area contributed by atoms with E-state index in [4.69, 9.17) is 15.2 Å². The van der Waals surface area contributed by atoms with Crippen LogP contribution in [0, 0.1) is 20.8 Å². The average Bonchev–Trinajstić information content (AvgIpc) is 2.93. The van der Waals surface area contributed by atoms with Crippen molar-refractivity contribution >= 4 is 5.78 Å². The Labute approximate surface area is 225 Å². The van der Waals surface area contributed by atoms with Gasteiger partial charge in [0.25, 0.3) is 0 Å². The van der Waals surface area contributed by atoms with Crippen LogP contribution in [0.3, 0.4) is 0 Å². The van der Waals surface area contributed by atoms with Crippen molar-refractivity contribution in [1.29, 1.82) is 0 Å². The van der Waals surface area contributed by atoms with Gasteiger partial charge in [0, 0.05) is 5.56 Å². The predicted octanol–water partition coefficient (Wildman–Crippen LogP) is 6.00. The standard InChI is InChI=1S/C33H36N2O3/c1-22-5-10-26(11-6-22)33(27-12-7-23(2)8-13-27)35-20-28(36)21-38-29-16-14-25(15-17-29)32(34)30-18-9-24(3)19-31(30)37-4/h5-19,32-33,35H,20-21,34H2,1-4H3. The predicted molar refractivity (Wildman–Crippen MR) is 153 cm³/mol. The van der Waals surface area contributed by atoms with E-state index < -0.39 is 0 Å². The van der Waals surface area contributed by atoms with E-state index >= 15 is 0 Å². The SMILES string of the molecule is COc1cc(C)ccc1C(N)c1ccc(OCC(=O)CNC(c2ccc(C)cc2)c2ccc(C)cc2)cc1. The maximum atomic E-state index is 12.7. The molecule has 0 aliphatic heterocycles. The Morgan fingerprint density at radius 2 is 1.29 bits per heavy atom. The minimum absolute atomic E-state index is 0.0152. The van der Waals surface area contributed by atoms with Crippen molar-refractivity contribution in [2.24, 2.45) is 5.73 Å². The molecule has 0 aliphatic carbocycles. The third-order valence-electron chi connectivity index (χ3n) is 6.69. The molecule has 0 aliphatic rings. The van der Waals surface area contributed by atoms with Crippen LogP contribution < -0.4 is 20.5 Å². The number of ketones is 1. The third kappa shape index (κ3) is 6.88. The van der Waals surface area contributed by atoms with E-state index in [9.17, 15) is 4.79 Å². The summed E-state index contributed by atoms with van der Waals surface area (Å²) in [5.74, 6) is 1.36. The zero-order valence-electron chi connectivity index (χ0n) is 22.5. The fourth-order valence-electron chi connectivity index (χ4n) is 4.40. The number of methoxy groups -OCH3 is 1. The Balaban J connectivity index is 1.36. The number of nitrogens with two attached hydrogens (primary N) is 1. The smallest absolute Gasteiger partial charge is 0.183 e. The number of carbonyl (C=O) groups excluding carboxylic acids is 1. The molecule has 4 aromatic rings. The van der Waals surface area contributed by atoms with Crippen molar-refractivity contribution in [2.45, 2.75) is 32.9 Å². The maximum absolute atomic E-state index is 12.7. The van der Waals surface area contributed by atoms with E-state index in [2.05, 4.69) is 67.7 Å².